The zero-order valence-corrected chi connectivity index (χ0v) is 19.1. The van der Waals surface area contributed by atoms with Crippen LogP contribution in [0.2, 0.25) is 0 Å². The lowest BCUT2D eigenvalue weighted by atomic mass is 10.1. The number of morpholine rings is 1. The number of hydrogen-bond donors (Lipinski definition) is 1. The second-order valence-electron chi connectivity index (χ2n) is 7.57. The molecule has 2 aliphatic rings. The van der Waals surface area contributed by atoms with E-state index in [0.29, 0.717) is 0 Å². The fourth-order valence-electron chi connectivity index (χ4n) is 3.62. The van der Waals surface area contributed by atoms with Crippen LogP contribution in [0, 0.1) is 0 Å². The normalized spacial score (nSPS) is 16.9. The molecule has 1 aromatic heterocycles. The number of rotatable bonds is 5. The van der Waals surface area contributed by atoms with E-state index in [-0.39, 0.29) is 4.75 Å². The predicted molar refractivity (Wildman–Crippen MR) is 129 cm³/mol. The highest BCUT2D eigenvalue weighted by Gasteiger charge is 2.47. The molecule has 1 aliphatic carbocycles. The van der Waals surface area contributed by atoms with Gasteiger partial charge < -0.3 is 15.4 Å². The molecular weight excluding hydrogens is 404 g/mol. The maximum Gasteiger partial charge on any atom is 0.161 e. The Hall–Kier alpha value is -2.57. The third kappa shape index (κ3) is 5.02. The van der Waals surface area contributed by atoms with Crippen LogP contribution in [0.15, 0.2) is 65.6 Å². The number of ether oxygens (including phenoxy) is 1. The Morgan fingerprint density at radius 3 is 2.26 bits per heavy atom. The van der Waals surface area contributed by atoms with Crippen molar-refractivity contribution in [1.82, 2.24) is 9.97 Å². The molecule has 2 aromatic carbocycles. The molecule has 0 bridgehead atoms. The van der Waals surface area contributed by atoms with Gasteiger partial charge in [0.15, 0.2) is 5.82 Å². The number of nitrogens with two attached hydrogens (primary N) is 1. The van der Waals surface area contributed by atoms with Crippen molar-refractivity contribution >= 4 is 23.3 Å². The molecule has 0 radical (unpaired) electrons. The van der Waals surface area contributed by atoms with Gasteiger partial charge in [-0.2, -0.15) is 0 Å². The van der Waals surface area contributed by atoms with Gasteiger partial charge in [-0.15, -0.1) is 11.8 Å². The van der Waals surface area contributed by atoms with Crippen LogP contribution in [0.1, 0.15) is 32.4 Å². The highest BCUT2D eigenvalue weighted by atomic mass is 32.2. The highest BCUT2D eigenvalue weighted by Crippen LogP contribution is 2.59. The van der Waals surface area contributed by atoms with Gasteiger partial charge in [-0.3, -0.25) is 0 Å². The molecule has 5 nitrogen and oxygen atoms in total. The van der Waals surface area contributed by atoms with Crippen LogP contribution >= 0.6 is 11.8 Å². The van der Waals surface area contributed by atoms with Gasteiger partial charge in [0.05, 0.1) is 23.7 Å². The van der Waals surface area contributed by atoms with Crippen molar-refractivity contribution in [3.05, 3.63) is 66.4 Å². The van der Waals surface area contributed by atoms with Crippen molar-refractivity contribution in [3.63, 3.8) is 0 Å². The predicted octanol–water partition coefficient (Wildman–Crippen LogP) is 5.37. The molecule has 0 unspecified atom stereocenters. The van der Waals surface area contributed by atoms with Gasteiger partial charge in [0, 0.05) is 35.3 Å². The quantitative estimate of drug-likeness (QED) is 0.545. The fraction of sp³-hybridized carbons (Fsp3) is 0.360. The summed E-state index contributed by atoms with van der Waals surface area (Å²) in [7, 11) is 0. The zero-order valence-electron chi connectivity index (χ0n) is 18.3. The Bertz CT molecular complexity index is 984. The second-order valence-corrected chi connectivity index (χ2v) is 9.02. The number of anilines is 2. The summed E-state index contributed by atoms with van der Waals surface area (Å²) in [6.07, 6.45) is 2.26. The van der Waals surface area contributed by atoms with Gasteiger partial charge in [0.1, 0.15) is 5.82 Å². The average molecular weight is 435 g/mol. The summed E-state index contributed by atoms with van der Waals surface area (Å²) in [6, 6.07) is 20.6. The van der Waals surface area contributed by atoms with E-state index in [4.69, 9.17) is 20.4 Å². The molecule has 1 saturated carbocycles. The minimum Gasteiger partial charge on any atom is -0.399 e. The van der Waals surface area contributed by atoms with E-state index in [0.717, 1.165) is 67.7 Å². The zero-order chi connectivity index (χ0) is 21.7. The molecule has 2 heterocycles. The summed E-state index contributed by atoms with van der Waals surface area (Å²) in [5, 5.41) is 0. The molecule has 0 atom stereocenters. The van der Waals surface area contributed by atoms with Crippen molar-refractivity contribution in [3.8, 4) is 11.4 Å². The van der Waals surface area contributed by atoms with Crippen molar-refractivity contribution in [2.24, 2.45) is 0 Å². The summed E-state index contributed by atoms with van der Waals surface area (Å²) in [6.45, 7) is 7.19. The van der Waals surface area contributed by atoms with E-state index in [1.54, 1.807) is 0 Å². The minimum absolute atomic E-state index is 0.0356. The number of benzene rings is 2. The molecule has 31 heavy (non-hydrogen) atoms. The fourth-order valence-corrected chi connectivity index (χ4v) is 4.88. The van der Waals surface area contributed by atoms with Crippen LogP contribution in [0.5, 0.6) is 0 Å². The summed E-state index contributed by atoms with van der Waals surface area (Å²) in [5.41, 5.74) is 8.74. The molecule has 5 rings (SSSR count). The topological polar surface area (TPSA) is 64.3 Å². The molecule has 1 aliphatic heterocycles. The lowest BCUT2D eigenvalue weighted by Gasteiger charge is -2.29. The Morgan fingerprint density at radius 1 is 0.935 bits per heavy atom. The number of hydrogen-bond acceptors (Lipinski definition) is 6. The largest absolute Gasteiger partial charge is 0.399 e. The van der Waals surface area contributed by atoms with Crippen LogP contribution in [-0.2, 0) is 9.48 Å². The molecule has 0 spiro atoms. The molecule has 6 heteroatoms. The monoisotopic (exact) mass is 434 g/mol. The van der Waals surface area contributed by atoms with Crippen molar-refractivity contribution in [1.29, 1.82) is 0 Å². The standard InChI is InChI=1S/C23H24N4OS.C2H6/c24-18-8-6-17(7-9-18)22-25-20(16-21(26-22)27-12-14-28-15-13-27)23(10-11-23)29-19-4-2-1-3-5-19;1-2/h1-9,16H,10-15,24H2;1-2H3. The molecule has 0 amide bonds. The van der Waals surface area contributed by atoms with Crippen LogP contribution in [0.4, 0.5) is 11.5 Å². The van der Waals surface area contributed by atoms with Gasteiger partial charge in [-0.05, 0) is 49.2 Å². The Balaban J connectivity index is 0.00000112. The van der Waals surface area contributed by atoms with E-state index in [1.807, 2.05) is 49.9 Å². The number of thioether (sulfide) groups is 1. The second kappa shape index (κ2) is 9.71. The molecule has 2 fully saturated rings. The SMILES string of the molecule is CC.Nc1ccc(-c2nc(N3CCOCC3)cc(C3(Sc4ccccc4)CC3)n2)cc1. The Morgan fingerprint density at radius 2 is 1.61 bits per heavy atom. The molecular formula is C25H30N4OS. The van der Waals surface area contributed by atoms with E-state index in [1.165, 1.54) is 4.90 Å². The van der Waals surface area contributed by atoms with E-state index >= 15 is 0 Å². The first kappa shape index (κ1) is 21.7. The minimum atomic E-state index is 0.0356. The maximum atomic E-state index is 5.88. The van der Waals surface area contributed by atoms with Crippen molar-refractivity contribution in [2.45, 2.75) is 36.3 Å². The molecule has 1 saturated heterocycles. The number of aromatic nitrogens is 2. The van der Waals surface area contributed by atoms with Gasteiger partial charge in [-0.25, -0.2) is 9.97 Å². The van der Waals surface area contributed by atoms with Crippen LogP contribution in [-0.4, -0.2) is 36.3 Å². The highest BCUT2D eigenvalue weighted by molar-refractivity contribution is 8.00. The first-order valence-electron chi connectivity index (χ1n) is 11.0. The molecule has 3 aromatic rings. The third-order valence-corrected chi connectivity index (χ3v) is 6.96. The summed E-state index contributed by atoms with van der Waals surface area (Å²) < 4.78 is 5.57. The van der Waals surface area contributed by atoms with Gasteiger partial charge >= 0.3 is 0 Å². The van der Waals surface area contributed by atoms with E-state index in [2.05, 4.69) is 41.3 Å². The lowest BCUT2D eigenvalue weighted by Crippen LogP contribution is -2.37. The first-order valence-corrected chi connectivity index (χ1v) is 11.9. The Kier molecular flexibility index (Phi) is 6.78. The average Bonchev–Trinajstić information content (AvgIpc) is 3.62. The van der Waals surface area contributed by atoms with E-state index in [9.17, 15) is 0 Å². The van der Waals surface area contributed by atoms with Gasteiger partial charge in [0.25, 0.3) is 0 Å². The smallest absolute Gasteiger partial charge is 0.161 e. The third-order valence-electron chi connectivity index (χ3n) is 5.44. The van der Waals surface area contributed by atoms with Crippen LogP contribution in [0.3, 0.4) is 0 Å². The maximum absolute atomic E-state index is 5.88. The first-order chi connectivity index (χ1) is 15.2. The van der Waals surface area contributed by atoms with Gasteiger partial charge in [0.2, 0.25) is 0 Å². The van der Waals surface area contributed by atoms with Crippen molar-refractivity contribution in [2.75, 3.05) is 36.9 Å². The molecule has 2 N–H and O–H groups in total. The summed E-state index contributed by atoms with van der Waals surface area (Å²) in [5.74, 6) is 1.76. The van der Waals surface area contributed by atoms with Crippen molar-refractivity contribution < 1.29 is 4.74 Å². The van der Waals surface area contributed by atoms with Gasteiger partial charge in [-0.1, -0.05) is 32.0 Å². The number of nitrogen functional groups attached to an aromatic ring is 1. The summed E-state index contributed by atoms with van der Waals surface area (Å²) >= 11 is 1.92. The summed E-state index contributed by atoms with van der Waals surface area (Å²) in [4.78, 5) is 13.5. The molecule has 162 valence electrons. The van der Waals surface area contributed by atoms with Crippen LogP contribution in [0.25, 0.3) is 11.4 Å². The Labute approximate surface area is 189 Å². The van der Waals surface area contributed by atoms with E-state index < -0.39 is 0 Å². The lowest BCUT2D eigenvalue weighted by molar-refractivity contribution is 0.122. The van der Waals surface area contributed by atoms with Crippen LogP contribution < -0.4 is 10.6 Å². The number of nitrogens with zero attached hydrogens (tertiary/aromatic N) is 3.